The zero-order valence-corrected chi connectivity index (χ0v) is 19.6. The van der Waals surface area contributed by atoms with E-state index in [0.717, 1.165) is 30.6 Å². The van der Waals surface area contributed by atoms with E-state index in [1.54, 1.807) is 0 Å². The molecular formula is C27H40O3. The number of carbonyl (C=O) groups is 1. The lowest BCUT2D eigenvalue weighted by Gasteiger charge is -2.57. The quantitative estimate of drug-likeness (QED) is 0.555. The maximum atomic E-state index is 12.1. The average Bonchev–Trinajstić information content (AvgIpc) is 3.56. The fraction of sp³-hybridized carbons (Fsp3) is 0.889. The topological polar surface area (TPSA) is 42.1 Å². The Bertz CT molecular complexity index is 798. The Morgan fingerprint density at radius 2 is 1.87 bits per heavy atom. The van der Waals surface area contributed by atoms with Crippen LogP contribution in [0.5, 0.6) is 0 Å². The summed E-state index contributed by atoms with van der Waals surface area (Å²) in [5.41, 5.74) is 2.17. The number of hydrogen-bond acceptors (Lipinski definition) is 3. The van der Waals surface area contributed by atoms with Crippen LogP contribution in [0.4, 0.5) is 0 Å². The highest BCUT2D eigenvalue weighted by Crippen LogP contribution is 2.71. The first kappa shape index (κ1) is 20.0. The van der Waals surface area contributed by atoms with E-state index in [2.05, 4.69) is 34.6 Å². The van der Waals surface area contributed by atoms with Crippen molar-refractivity contribution >= 4 is 5.78 Å². The van der Waals surface area contributed by atoms with Crippen molar-refractivity contribution in [1.82, 2.24) is 0 Å². The molecule has 0 amide bonds. The van der Waals surface area contributed by atoms with Crippen LogP contribution in [0.1, 0.15) is 86.0 Å². The zero-order valence-electron chi connectivity index (χ0n) is 19.6. The predicted molar refractivity (Wildman–Crippen MR) is 117 cm³/mol. The first-order chi connectivity index (χ1) is 14.1. The molecule has 10 atom stereocenters. The Kier molecular flexibility index (Phi) is 4.14. The Labute approximate surface area is 182 Å². The molecule has 3 nitrogen and oxygen atoms in total. The molecule has 3 heteroatoms. The third-order valence-corrected chi connectivity index (χ3v) is 11.0. The van der Waals surface area contributed by atoms with Gasteiger partial charge in [0.2, 0.25) is 0 Å². The van der Waals surface area contributed by atoms with Gasteiger partial charge in [0, 0.05) is 6.42 Å². The van der Waals surface area contributed by atoms with Crippen LogP contribution in [-0.2, 0) is 14.3 Å². The number of carbonyl (C=O) groups excluding carboxylic acids is 1. The van der Waals surface area contributed by atoms with E-state index >= 15 is 0 Å². The second-order valence-corrected chi connectivity index (χ2v) is 12.8. The molecule has 3 saturated carbocycles. The lowest BCUT2D eigenvalue weighted by Crippen LogP contribution is -2.53. The Morgan fingerprint density at radius 1 is 1.10 bits per heavy atom. The van der Waals surface area contributed by atoms with Crippen LogP contribution in [0.25, 0.3) is 0 Å². The summed E-state index contributed by atoms with van der Waals surface area (Å²) < 4.78 is 12.2. The van der Waals surface area contributed by atoms with Crippen molar-refractivity contribution in [2.75, 3.05) is 0 Å². The van der Waals surface area contributed by atoms with Gasteiger partial charge in [-0.3, -0.25) is 4.79 Å². The summed E-state index contributed by atoms with van der Waals surface area (Å²) >= 11 is 0. The predicted octanol–water partition coefficient (Wildman–Crippen LogP) is 5.72. The molecule has 0 spiro atoms. The van der Waals surface area contributed by atoms with Gasteiger partial charge < -0.3 is 9.47 Å². The smallest absolute Gasteiger partial charge is 0.155 e. The van der Waals surface area contributed by atoms with Gasteiger partial charge in [0.05, 0.1) is 17.8 Å². The molecule has 5 fully saturated rings. The van der Waals surface area contributed by atoms with E-state index in [-0.39, 0.29) is 17.1 Å². The molecule has 0 radical (unpaired) electrons. The molecule has 2 heterocycles. The maximum Gasteiger partial charge on any atom is 0.155 e. The molecule has 6 aliphatic rings. The van der Waals surface area contributed by atoms with Gasteiger partial charge >= 0.3 is 0 Å². The summed E-state index contributed by atoms with van der Waals surface area (Å²) in [6.45, 7) is 12.1. The van der Waals surface area contributed by atoms with Gasteiger partial charge in [-0.2, -0.15) is 0 Å². The number of ketones is 1. The van der Waals surface area contributed by atoms with Crippen molar-refractivity contribution in [3.63, 3.8) is 0 Å². The molecular weight excluding hydrogens is 372 g/mol. The molecule has 30 heavy (non-hydrogen) atoms. The summed E-state index contributed by atoms with van der Waals surface area (Å²) in [5, 5.41) is 0. The Hall–Kier alpha value is -0.670. The van der Waals surface area contributed by atoms with Crippen LogP contribution in [0, 0.1) is 40.4 Å². The van der Waals surface area contributed by atoms with E-state index in [4.69, 9.17) is 9.47 Å². The SMILES string of the molecule is C[C@H](CCC1OC1(C)C)C1CC[C@H]2[C@@H]3C4OC4C4=CC(=O)CC[C@]4(C)[C@H]3CC[C@]12C. The van der Waals surface area contributed by atoms with Gasteiger partial charge in [0.1, 0.15) is 6.10 Å². The lowest BCUT2D eigenvalue weighted by molar-refractivity contribution is -0.117. The molecule has 2 aliphatic heterocycles. The van der Waals surface area contributed by atoms with E-state index in [0.29, 0.717) is 35.2 Å². The molecule has 0 N–H and O–H groups in total. The summed E-state index contributed by atoms with van der Waals surface area (Å²) in [6.07, 6.45) is 12.9. The zero-order chi connectivity index (χ0) is 21.1. The maximum absolute atomic E-state index is 12.1. The minimum absolute atomic E-state index is 0.127. The van der Waals surface area contributed by atoms with E-state index in [1.807, 2.05) is 6.08 Å². The minimum Gasteiger partial charge on any atom is -0.367 e. The molecule has 0 aromatic rings. The Balaban J connectivity index is 1.22. The van der Waals surface area contributed by atoms with Crippen LogP contribution < -0.4 is 0 Å². The molecule has 0 aromatic heterocycles. The van der Waals surface area contributed by atoms with E-state index in [1.165, 1.54) is 44.1 Å². The van der Waals surface area contributed by atoms with Gasteiger partial charge in [-0.15, -0.1) is 0 Å². The third-order valence-electron chi connectivity index (χ3n) is 11.0. The highest BCUT2D eigenvalue weighted by atomic mass is 16.6. The van der Waals surface area contributed by atoms with E-state index < -0.39 is 0 Å². The number of epoxide rings is 2. The van der Waals surface area contributed by atoms with Crippen molar-refractivity contribution in [3.8, 4) is 0 Å². The molecule has 6 rings (SSSR count). The normalized spacial score (nSPS) is 53.7. The van der Waals surface area contributed by atoms with Gasteiger partial charge in [-0.25, -0.2) is 0 Å². The fourth-order valence-corrected chi connectivity index (χ4v) is 9.14. The van der Waals surface area contributed by atoms with Crippen LogP contribution in [0.2, 0.25) is 0 Å². The molecule has 0 aromatic carbocycles. The second-order valence-electron chi connectivity index (χ2n) is 12.8. The molecule has 166 valence electrons. The Morgan fingerprint density at radius 3 is 2.60 bits per heavy atom. The number of hydrogen-bond donors (Lipinski definition) is 0. The highest BCUT2D eigenvalue weighted by molar-refractivity contribution is 5.92. The number of rotatable bonds is 4. The lowest BCUT2D eigenvalue weighted by atomic mass is 9.46. The van der Waals surface area contributed by atoms with Crippen molar-refractivity contribution in [3.05, 3.63) is 11.6 Å². The van der Waals surface area contributed by atoms with Crippen molar-refractivity contribution < 1.29 is 14.3 Å². The van der Waals surface area contributed by atoms with Crippen molar-refractivity contribution in [1.29, 1.82) is 0 Å². The molecule has 4 aliphatic carbocycles. The third kappa shape index (κ3) is 2.66. The highest BCUT2D eigenvalue weighted by Gasteiger charge is 2.69. The van der Waals surface area contributed by atoms with Crippen LogP contribution in [0.3, 0.4) is 0 Å². The van der Waals surface area contributed by atoms with E-state index in [9.17, 15) is 4.79 Å². The van der Waals surface area contributed by atoms with Crippen molar-refractivity contribution in [2.45, 2.75) is 110 Å². The first-order valence-electron chi connectivity index (χ1n) is 12.7. The van der Waals surface area contributed by atoms with Gasteiger partial charge in [0.15, 0.2) is 5.78 Å². The van der Waals surface area contributed by atoms with Crippen LogP contribution >= 0.6 is 0 Å². The number of fused-ring (bicyclic) bond motifs is 8. The van der Waals surface area contributed by atoms with Gasteiger partial charge in [-0.1, -0.05) is 20.8 Å². The monoisotopic (exact) mass is 412 g/mol. The summed E-state index contributed by atoms with van der Waals surface area (Å²) in [4.78, 5) is 12.1. The summed E-state index contributed by atoms with van der Waals surface area (Å²) in [5.74, 6) is 4.20. The average molecular weight is 413 g/mol. The summed E-state index contributed by atoms with van der Waals surface area (Å²) in [6, 6.07) is 0. The molecule has 2 saturated heterocycles. The largest absolute Gasteiger partial charge is 0.367 e. The fourth-order valence-electron chi connectivity index (χ4n) is 9.14. The summed E-state index contributed by atoms with van der Waals surface area (Å²) in [7, 11) is 0. The van der Waals surface area contributed by atoms with Crippen molar-refractivity contribution in [2.24, 2.45) is 40.4 Å². The first-order valence-corrected chi connectivity index (χ1v) is 12.7. The van der Waals surface area contributed by atoms with Gasteiger partial charge in [0.25, 0.3) is 0 Å². The molecule has 4 unspecified atom stereocenters. The minimum atomic E-state index is 0.127. The number of ether oxygens (including phenoxy) is 2. The molecule has 0 bridgehead atoms. The van der Waals surface area contributed by atoms with Gasteiger partial charge in [-0.05, 0) is 111 Å². The standard InChI is InChI=1S/C27H40O3/c1-15(6-9-21-25(2,3)30-21)17-7-8-18-22-19(11-13-26(17,18)4)27(5)12-10-16(28)14-20(27)23-24(22)29-23/h14-15,17-19,21-24H,6-13H2,1-5H3/t15-,17?,18+,19+,21?,22+,23?,24?,26-,27-/m1/s1. The second kappa shape index (κ2) is 6.22. The van der Waals surface area contributed by atoms with Crippen LogP contribution in [0.15, 0.2) is 11.6 Å². The van der Waals surface area contributed by atoms with Crippen LogP contribution in [-0.4, -0.2) is 29.7 Å².